The van der Waals surface area contributed by atoms with Crippen LogP contribution in [0.25, 0.3) is 10.8 Å². The Morgan fingerprint density at radius 3 is 1.88 bits per heavy atom. The van der Waals surface area contributed by atoms with Crippen molar-refractivity contribution in [2.24, 2.45) is 0 Å². The number of rotatable bonds is 1. The summed E-state index contributed by atoms with van der Waals surface area (Å²) in [6.07, 6.45) is 0.763. The Kier molecular flexibility index (Phi) is 5.97. The largest absolute Gasteiger partial charge is 0.206 e. The highest BCUT2D eigenvalue weighted by atomic mass is 19.2. The average molecular weight is 428 g/mol. The zero-order valence-electron chi connectivity index (χ0n) is 17.1. The third kappa shape index (κ3) is 4.51. The summed E-state index contributed by atoms with van der Waals surface area (Å²) in [5, 5.41) is 0.233. The summed E-state index contributed by atoms with van der Waals surface area (Å²) in [4.78, 5) is 0. The predicted octanol–water partition coefficient (Wildman–Crippen LogP) is 6.76. The van der Waals surface area contributed by atoms with Crippen LogP contribution in [-0.2, 0) is 6.42 Å². The number of benzene rings is 4. The van der Waals surface area contributed by atoms with Crippen molar-refractivity contribution >= 4 is 10.8 Å². The van der Waals surface area contributed by atoms with Crippen LogP contribution in [-0.4, -0.2) is 0 Å². The fraction of sp³-hybridized carbons (Fsp3) is 0.0714. The molecule has 0 aromatic heterocycles. The smallest absolute Gasteiger partial charge is 0.195 e. The first-order valence-electron chi connectivity index (χ1n) is 9.94. The zero-order chi connectivity index (χ0) is 22.7. The molecule has 0 bridgehead atoms. The van der Waals surface area contributed by atoms with E-state index in [1.54, 1.807) is 36.4 Å². The predicted molar refractivity (Wildman–Crippen MR) is 118 cm³/mol. The minimum atomic E-state index is -1.49. The topological polar surface area (TPSA) is 0 Å². The zero-order valence-corrected chi connectivity index (χ0v) is 17.1. The van der Waals surface area contributed by atoms with Crippen molar-refractivity contribution < 1.29 is 17.6 Å². The van der Waals surface area contributed by atoms with Gasteiger partial charge in [0.25, 0.3) is 0 Å². The lowest BCUT2D eigenvalue weighted by Gasteiger charge is -2.02. The molecule has 0 radical (unpaired) electrons. The molecule has 0 nitrogen and oxygen atoms in total. The van der Waals surface area contributed by atoms with E-state index in [1.165, 1.54) is 18.2 Å². The molecule has 0 atom stereocenters. The molecule has 0 aliphatic rings. The summed E-state index contributed by atoms with van der Waals surface area (Å²) < 4.78 is 54.7. The molecule has 0 aliphatic heterocycles. The van der Waals surface area contributed by atoms with Gasteiger partial charge in [-0.25, -0.2) is 17.6 Å². The van der Waals surface area contributed by atoms with Gasteiger partial charge in [-0.15, -0.1) is 0 Å². The molecule has 4 aromatic rings. The van der Waals surface area contributed by atoms with Crippen LogP contribution in [0.1, 0.15) is 34.7 Å². The first kappa shape index (κ1) is 21.2. The maximum absolute atomic E-state index is 14.0. The van der Waals surface area contributed by atoms with Crippen molar-refractivity contribution in [3.8, 4) is 23.7 Å². The van der Waals surface area contributed by atoms with Gasteiger partial charge in [0.1, 0.15) is 5.82 Å². The third-order valence-electron chi connectivity index (χ3n) is 4.99. The molecule has 0 unspecified atom stereocenters. The van der Waals surface area contributed by atoms with Crippen LogP contribution in [0, 0.1) is 47.0 Å². The molecule has 0 aliphatic carbocycles. The van der Waals surface area contributed by atoms with Crippen LogP contribution in [0.5, 0.6) is 0 Å². The van der Waals surface area contributed by atoms with Crippen LogP contribution in [0.4, 0.5) is 17.6 Å². The van der Waals surface area contributed by atoms with Gasteiger partial charge in [0, 0.05) is 22.1 Å². The monoisotopic (exact) mass is 428 g/mol. The highest BCUT2D eigenvalue weighted by Crippen LogP contribution is 2.24. The normalized spacial score (nSPS) is 10.3. The number of hydrogen-bond donors (Lipinski definition) is 0. The molecule has 0 heterocycles. The second-order valence-corrected chi connectivity index (χ2v) is 7.17. The lowest BCUT2D eigenvalue weighted by molar-refractivity contribution is 0.453. The summed E-state index contributed by atoms with van der Waals surface area (Å²) >= 11 is 0. The van der Waals surface area contributed by atoms with Crippen LogP contribution >= 0.6 is 0 Å². The van der Waals surface area contributed by atoms with Gasteiger partial charge in [-0.2, -0.15) is 0 Å². The van der Waals surface area contributed by atoms with Crippen LogP contribution in [0.15, 0.2) is 66.7 Å². The maximum Gasteiger partial charge on any atom is 0.195 e. The van der Waals surface area contributed by atoms with E-state index >= 15 is 0 Å². The van der Waals surface area contributed by atoms with E-state index in [-0.39, 0.29) is 16.6 Å². The fourth-order valence-electron chi connectivity index (χ4n) is 3.18. The molecule has 0 amide bonds. The molecule has 4 rings (SSSR count). The van der Waals surface area contributed by atoms with E-state index in [9.17, 15) is 17.6 Å². The van der Waals surface area contributed by atoms with Gasteiger partial charge >= 0.3 is 0 Å². The van der Waals surface area contributed by atoms with Crippen LogP contribution in [0.2, 0.25) is 0 Å². The van der Waals surface area contributed by atoms with Gasteiger partial charge in [0.05, 0.1) is 5.56 Å². The summed E-state index contributed by atoms with van der Waals surface area (Å²) in [5.41, 5.74) is 3.23. The Labute approximate surface area is 183 Å². The second kappa shape index (κ2) is 9.00. The SMILES string of the molecule is CCc1ccc(C#Cc2ccc(C#Cc3ccc4c(F)c(F)c(F)cc4c3)cc2)c(F)c1. The van der Waals surface area contributed by atoms with Crippen LogP contribution < -0.4 is 0 Å². The molecule has 0 spiro atoms. The Balaban J connectivity index is 1.54. The highest BCUT2D eigenvalue weighted by Gasteiger charge is 2.13. The molecule has 4 heteroatoms. The van der Waals surface area contributed by atoms with Crippen molar-refractivity contribution in [1.82, 2.24) is 0 Å². The molecular formula is C28H16F4. The highest BCUT2D eigenvalue weighted by molar-refractivity contribution is 5.84. The molecule has 32 heavy (non-hydrogen) atoms. The number of aryl methyl sites for hydroxylation is 1. The summed E-state index contributed by atoms with van der Waals surface area (Å²) in [6.45, 7) is 1.96. The van der Waals surface area contributed by atoms with E-state index in [0.29, 0.717) is 22.3 Å². The molecule has 0 fully saturated rings. The van der Waals surface area contributed by atoms with Gasteiger partial charge in [-0.05, 0) is 72.0 Å². The third-order valence-corrected chi connectivity index (χ3v) is 4.99. The molecule has 0 saturated heterocycles. The maximum atomic E-state index is 14.0. The second-order valence-electron chi connectivity index (χ2n) is 7.17. The summed E-state index contributed by atoms with van der Waals surface area (Å²) in [7, 11) is 0. The van der Waals surface area contributed by atoms with E-state index in [0.717, 1.165) is 18.1 Å². The van der Waals surface area contributed by atoms with Gasteiger partial charge in [-0.1, -0.05) is 42.7 Å². The summed E-state index contributed by atoms with van der Waals surface area (Å²) in [5.74, 6) is 7.40. The van der Waals surface area contributed by atoms with Gasteiger partial charge in [0.2, 0.25) is 0 Å². The van der Waals surface area contributed by atoms with Crippen molar-refractivity contribution in [3.05, 3.63) is 118 Å². The van der Waals surface area contributed by atoms with Gasteiger partial charge in [0.15, 0.2) is 17.5 Å². The Morgan fingerprint density at radius 2 is 1.22 bits per heavy atom. The number of hydrogen-bond acceptors (Lipinski definition) is 0. The van der Waals surface area contributed by atoms with E-state index < -0.39 is 17.5 Å². The first-order valence-corrected chi connectivity index (χ1v) is 9.94. The van der Waals surface area contributed by atoms with Gasteiger partial charge in [-0.3, -0.25) is 0 Å². The molecular weight excluding hydrogens is 412 g/mol. The van der Waals surface area contributed by atoms with Crippen LogP contribution in [0.3, 0.4) is 0 Å². The van der Waals surface area contributed by atoms with Crippen molar-refractivity contribution in [3.63, 3.8) is 0 Å². The average Bonchev–Trinajstić information content (AvgIpc) is 2.81. The fourth-order valence-corrected chi connectivity index (χ4v) is 3.18. The molecule has 4 aromatic carbocycles. The molecule has 0 N–H and O–H groups in total. The molecule has 156 valence electrons. The Bertz CT molecular complexity index is 1440. The van der Waals surface area contributed by atoms with E-state index in [1.807, 2.05) is 13.0 Å². The van der Waals surface area contributed by atoms with Crippen molar-refractivity contribution in [2.45, 2.75) is 13.3 Å². The van der Waals surface area contributed by atoms with E-state index in [4.69, 9.17) is 0 Å². The first-order chi connectivity index (χ1) is 15.4. The Hall–Kier alpha value is -4.02. The van der Waals surface area contributed by atoms with E-state index in [2.05, 4.69) is 23.7 Å². The van der Waals surface area contributed by atoms with Gasteiger partial charge < -0.3 is 0 Å². The lowest BCUT2D eigenvalue weighted by atomic mass is 10.1. The van der Waals surface area contributed by atoms with Crippen molar-refractivity contribution in [2.75, 3.05) is 0 Å². The lowest BCUT2D eigenvalue weighted by Crippen LogP contribution is -1.92. The number of halogens is 4. The summed E-state index contributed by atoms with van der Waals surface area (Å²) in [6, 6.07) is 17.5. The minimum absolute atomic E-state index is 0.00171. The quantitative estimate of drug-likeness (QED) is 0.179. The standard InChI is InChI=1S/C28H16F4/c1-2-18-9-12-22(25(29)16-18)13-10-20-5-3-19(4-6-20)7-8-21-11-14-24-23(15-21)17-26(30)28(32)27(24)31/h3-6,9,11-12,14-17H,2H2,1H3. The molecule has 0 saturated carbocycles. The minimum Gasteiger partial charge on any atom is -0.206 e. The number of fused-ring (bicyclic) bond motifs is 1. The Morgan fingerprint density at radius 1 is 0.594 bits per heavy atom. The van der Waals surface area contributed by atoms with Crippen molar-refractivity contribution in [1.29, 1.82) is 0 Å².